The average Bonchev–Trinajstić information content (AvgIpc) is 2.59. The molecular formula is C17H16F3NO6S. The highest BCUT2D eigenvalue weighted by Gasteiger charge is 2.30. The van der Waals surface area contributed by atoms with Crippen LogP contribution in [0.5, 0.6) is 11.5 Å². The number of ether oxygens (including phenoxy) is 1. The van der Waals surface area contributed by atoms with E-state index in [1.807, 2.05) is 0 Å². The molecule has 0 spiro atoms. The van der Waals surface area contributed by atoms with Crippen LogP contribution in [0.4, 0.5) is 18.9 Å². The van der Waals surface area contributed by atoms with Crippen LogP contribution in [0, 0.1) is 0 Å². The number of nitrogens with zero attached hydrogens (tertiary/aromatic N) is 1. The lowest BCUT2D eigenvalue weighted by Gasteiger charge is -2.23. The molecular weight excluding hydrogens is 403 g/mol. The Kier molecular flexibility index (Phi) is 6.20. The second-order valence-electron chi connectivity index (χ2n) is 5.77. The Balaban J connectivity index is 2.18. The van der Waals surface area contributed by atoms with Gasteiger partial charge in [-0.25, -0.2) is 13.2 Å². The smallest absolute Gasteiger partial charge is 0.416 e. The monoisotopic (exact) mass is 419 g/mol. The number of benzene rings is 2. The zero-order valence-corrected chi connectivity index (χ0v) is 15.2. The van der Waals surface area contributed by atoms with Gasteiger partial charge in [-0.05, 0) is 48.5 Å². The van der Waals surface area contributed by atoms with Crippen LogP contribution in [-0.2, 0) is 21.0 Å². The number of aliphatic carboxylic acids is 1. The van der Waals surface area contributed by atoms with Gasteiger partial charge in [0, 0.05) is 0 Å². The second kappa shape index (κ2) is 8.07. The van der Waals surface area contributed by atoms with Gasteiger partial charge in [-0.2, -0.15) is 13.2 Å². The number of carboxylic acid groups (broad SMARTS) is 1. The van der Waals surface area contributed by atoms with E-state index in [4.69, 9.17) is 9.84 Å². The number of hydrogen-bond donors (Lipinski definition) is 2. The summed E-state index contributed by atoms with van der Waals surface area (Å²) in [6.07, 6.45) is -5.53. The lowest BCUT2D eigenvalue weighted by atomic mass is 10.2. The van der Waals surface area contributed by atoms with E-state index in [9.17, 15) is 31.5 Å². The standard InChI is InChI=1S/C17H16F3NO6S/c1-28(25,26)21(10-15(22)16(23)24)12-4-8-14(9-5-12)27-13-6-2-11(3-7-13)17(18,19)20/h2-9,15,22H,10H2,1H3,(H,23,24)/t15-/m1/s1. The van der Waals surface area contributed by atoms with Gasteiger partial charge < -0.3 is 14.9 Å². The van der Waals surface area contributed by atoms with Crippen molar-refractivity contribution in [3.8, 4) is 11.5 Å². The van der Waals surface area contributed by atoms with Gasteiger partial charge in [0.05, 0.1) is 24.1 Å². The van der Waals surface area contributed by atoms with Crippen molar-refractivity contribution in [2.45, 2.75) is 12.3 Å². The average molecular weight is 419 g/mol. The molecule has 2 N–H and O–H groups in total. The number of carboxylic acids is 1. The molecule has 0 fully saturated rings. The van der Waals surface area contributed by atoms with E-state index >= 15 is 0 Å². The van der Waals surface area contributed by atoms with Crippen molar-refractivity contribution in [3.05, 3.63) is 54.1 Å². The molecule has 2 aromatic rings. The van der Waals surface area contributed by atoms with Gasteiger partial charge >= 0.3 is 12.1 Å². The van der Waals surface area contributed by atoms with Crippen LogP contribution in [-0.4, -0.2) is 43.5 Å². The third-order valence-electron chi connectivity index (χ3n) is 3.57. The van der Waals surface area contributed by atoms with Gasteiger partial charge in [0.1, 0.15) is 11.5 Å². The maximum atomic E-state index is 12.6. The molecule has 0 bridgehead atoms. The Morgan fingerprint density at radius 3 is 1.93 bits per heavy atom. The molecule has 2 aromatic carbocycles. The van der Waals surface area contributed by atoms with Gasteiger partial charge in [0.2, 0.25) is 10.0 Å². The molecule has 0 unspecified atom stereocenters. The van der Waals surface area contributed by atoms with Crippen molar-refractivity contribution >= 4 is 21.7 Å². The summed E-state index contributed by atoms with van der Waals surface area (Å²) in [4.78, 5) is 10.8. The molecule has 0 radical (unpaired) electrons. The lowest BCUT2D eigenvalue weighted by Crippen LogP contribution is -2.40. The molecule has 0 aliphatic carbocycles. The summed E-state index contributed by atoms with van der Waals surface area (Å²) in [5.74, 6) is -1.21. The summed E-state index contributed by atoms with van der Waals surface area (Å²) >= 11 is 0. The fourth-order valence-electron chi connectivity index (χ4n) is 2.20. The molecule has 0 aliphatic heterocycles. The quantitative estimate of drug-likeness (QED) is 0.715. The molecule has 0 aliphatic rings. The van der Waals surface area contributed by atoms with Gasteiger partial charge in [0.15, 0.2) is 6.10 Å². The maximum Gasteiger partial charge on any atom is 0.416 e. The van der Waals surface area contributed by atoms with Gasteiger partial charge in [-0.3, -0.25) is 4.31 Å². The summed E-state index contributed by atoms with van der Waals surface area (Å²) in [6, 6.07) is 9.36. The number of carbonyl (C=O) groups is 1. The molecule has 0 heterocycles. The Bertz CT molecular complexity index is 927. The van der Waals surface area contributed by atoms with Crippen LogP contribution >= 0.6 is 0 Å². The Morgan fingerprint density at radius 2 is 1.54 bits per heavy atom. The summed E-state index contributed by atoms with van der Waals surface area (Å²) in [6.45, 7) is -0.687. The molecule has 0 saturated carbocycles. The highest BCUT2D eigenvalue weighted by molar-refractivity contribution is 7.92. The molecule has 1 atom stereocenters. The first kappa shape index (κ1) is 21.5. The number of alkyl halides is 3. The minimum atomic E-state index is -4.46. The number of hydrogen-bond acceptors (Lipinski definition) is 5. The fourth-order valence-corrected chi connectivity index (χ4v) is 3.11. The minimum Gasteiger partial charge on any atom is -0.479 e. The van der Waals surface area contributed by atoms with E-state index in [2.05, 4.69) is 0 Å². The summed E-state index contributed by atoms with van der Waals surface area (Å²) in [5.41, 5.74) is -0.737. The number of rotatable bonds is 7. The first-order valence-corrected chi connectivity index (χ1v) is 9.56. The fraction of sp³-hybridized carbons (Fsp3) is 0.235. The number of aliphatic hydroxyl groups is 1. The van der Waals surface area contributed by atoms with Gasteiger partial charge in [0.25, 0.3) is 0 Å². The van der Waals surface area contributed by atoms with E-state index in [0.29, 0.717) is 4.31 Å². The van der Waals surface area contributed by atoms with Crippen LogP contribution in [0.3, 0.4) is 0 Å². The molecule has 0 saturated heterocycles. The van der Waals surface area contributed by atoms with E-state index in [1.54, 1.807) is 0 Å². The van der Waals surface area contributed by atoms with Crippen LogP contribution in [0.1, 0.15) is 5.56 Å². The van der Waals surface area contributed by atoms with Crippen LogP contribution in [0.15, 0.2) is 48.5 Å². The third kappa shape index (κ3) is 5.60. The Labute approximate surface area is 158 Å². The van der Waals surface area contributed by atoms with Crippen molar-refractivity contribution in [2.24, 2.45) is 0 Å². The molecule has 2 rings (SSSR count). The predicted octanol–water partition coefficient (Wildman–Crippen LogP) is 2.71. The van der Waals surface area contributed by atoms with Gasteiger partial charge in [-0.15, -0.1) is 0 Å². The summed E-state index contributed by atoms with van der Waals surface area (Å²) < 4.78 is 67.5. The van der Waals surface area contributed by atoms with Crippen molar-refractivity contribution in [1.29, 1.82) is 0 Å². The molecule has 11 heteroatoms. The van der Waals surface area contributed by atoms with Gasteiger partial charge in [-0.1, -0.05) is 0 Å². The highest BCUT2D eigenvalue weighted by atomic mass is 32.2. The molecule has 7 nitrogen and oxygen atoms in total. The molecule has 152 valence electrons. The zero-order valence-electron chi connectivity index (χ0n) is 14.4. The topological polar surface area (TPSA) is 104 Å². The molecule has 0 aromatic heterocycles. The summed E-state index contributed by atoms with van der Waals surface area (Å²) in [7, 11) is -3.87. The Morgan fingerprint density at radius 1 is 1.07 bits per heavy atom. The first-order chi connectivity index (χ1) is 12.9. The van der Waals surface area contributed by atoms with E-state index < -0.39 is 40.4 Å². The van der Waals surface area contributed by atoms with Crippen LogP contribution in [0.25, 0.3) is 0 Å². The van der Waals surface area contributed by atoms with E-state index in [0.717, 1.165) is 30.5 Å². The van der Waals surface area contributed by atoms with Crippen LogP contribution in [0.2, 0.25) is 0 Å². The minimum absolute atomic E-state index is 0.0857. The number of halogens is 3. The lowest BCUT2D eigenvalue weighted by molar-refractivity contribution is -0.145. The first-order valence-electron chi connectivity index (χ1n) is 7.71. The molecule has 0 amide bonds. The SMILES string of the molecule is CS(=O)(=O)N(C[C@@H](O)C(=O)O)c1ccc(Oc2ccc(C(F)(F)F)cc2)cc1. The Hall–Kier alpha value is -2.79. The van der Waals surface area contributed by atoms with Crippen molar-refractivity contribution in [2.75, 3.05) is 17.1 Å². The second-order valence-corrected chi connectivity index (χ2v) is 7.67. The third-order valence-corrected chi connectivity index (χ3v) is 4.73. The van der Waals surface area contributed by atoms with Crippen molar-refractivity contribution in [1.82, 2.24) is 0 Å². The zero-order chi connectivity index (χ0) is 21.1. The number of anilines is 1. The largest absolute Gasteiger partial charge is 0.479 e. The van der Waals surface area contributed by atoms with Crippen molar-refractivity contribution in [3.63, 3.8) is 0 Å². The van der Waals surface area contributed by atoms with Crippen LogP contribution < -0.4 is 9.04 Å². The molecule has 28 heavy (non-hydrogen) atoms. The predicted molar refractivity (Wildman–Crippen MR) is 93.8 cm³/mol. The normalized spacial score (nSPS) is 13.0. The van der Waals surface area contributed by atoms with E-state index in [-0.39, 0.29) is 17.2 Å². The highest BCUT2D eigenvalue weighted by Crippen LogP contribution is 2.32. The maximum absolute atomic E-state index is 12.6. The number of sulfonamides is 1. The number of aliphatic hydroxyl groups excluding tert-OH is 1. The van der Waals surface area contributed by atoms with Crippen molar-refractivity contribution < 1.29 is 41.3 Å². The summed E-state index contributed by atoms with van der Waals surface area (Å²) in [5, 5.41) is 18.2. The van der Waals surface area contributed by atoms with E-state index in [1.165, 1.54) is 24.3 Å².